The lowest BCUT2D eigenvalue weighted by atomic mass is 10.3. The van der Waals surface area contributed by atoms with Crippen molar-refractivity contribution >= 4 is 21.5 Å². The number of rotatable bonds is 5. The van der Waals surface area contributed by atoms with Crippen molar-refractivity contribution in [2.75, 3.05) is 26.4 Å². The van der Waals surface area contributed by atoms with Crippen molar-refractivity contribution in [1.82, 2.24) is 19.0 Å². The molecule has 0 amide bonds. The van der Waals surface area contributed by atoms with Gasteiger partial charge in [-0.05, 0) is 33.2 Å². The van der Waals surface area contributed by atoms with E-state index in [9.17, 15) is 8.42 Å². The van der Waals surface area contributed by atoms with Gasteiger partial charge >= 0.3 is 0 Å². The predicted octanol–water partition coefficient (Wildman–Crippen LogP) is 0.145. The lowest BCUT2D eigenvalue weighted by molar-refractivity contribution is 0.314. The number of nitrogens with one attached hydrogen (secondary N) is 1. The summed E-state index contributed by atoms with van der Waals surface area (Å²) in [5, 5.41) is -0.0148. The van der Waals surface area contributed by atoms with Crippen LogP contribution in [0.15, 0.2) is 29.4 Å². The van der Waals surface area contributed by atoms with Crippen molar-refractivity contribution in [3.63, 3.8) is 0 Å². The summed E-state index contributed by atoms with van der Waals surface area (Å²) in [5.74, 6) is 0.00112. The average molecular weight is 297 g/mol. The van der Waals surface area contributed by atoms with Crippen LogP contribution < -0.4 is 10.5 Å². The monoisotopic (exact) mass is 297 g/mol. The van der Waals surface area contributed by atoms with Crippen LogP contribution in [0.3, 0.4) is 0 Å². The van der Waals surface area contributed by atoms with E-state index in [0.29, 0.717) is 12.2 Å². The van der Waals surface area contributed by atoms with Gasteiger partial charge < -0.3 is 10.6 Å². The number of imidazole rings is 1. The van der Waals surface area contributed by atoms with Crippen molar-refractivity contribution in [2.45, 2.75) is 18.0 Å². The molecule has 2 aromatic rings. The van der Waals surface area contributed by atoms with Gasteiger partial charge in [0, 0.05) is 18.8 Å². The summed E-state index contributed by atoms with van der Waals surface area (Å²) in [6.45, 7) is 2.23. The number of hydrogen-bond donors (Lipinski definition) is 2. The maximum Gasteiger partial charge on any atom is 0.260 e. The molecule has 7 nitrogen and oxygen atoms in total. The van der Waals surface area contributed by atoms with Crippen LogP contribution in [0.25, 0.3) is 5.65 Å². The van der Waals surface area contributed by atoms with Crippen molar-refractivity contribution in [3.05, 3.63) is 24.4 Å². The molecule has 0 saturated heterocycles. The van der Waals surface area contributed by atoms with E-state index in [2.05, 4.69) is 9.71 Å². The zero-order valence-corrected chi connectivity index (χ0v) is 12.6. The Hall–Kier alpha value is -1.64. The van der Waals surface area contributed by atoms with Gasteiger partial charge in [0.25, 0.3) is 10.0 Å². The first-order valence-corrected chi connectivity index (χ1v) is 7.70. The number of likely N-dealkylation sites (N-methyl/N-ethyl adjacent to an activating group) is 1. The summed E-state index contributed by atoms with van der Waals surface area (Å²) in [4.78, 5) is 5.98. The Morgan fingerprint density at radius 1 is 1.45 bits per heavy atom. The van der Waals surface area contributed by atoms with Gasteiger partial charge in [-0.1, -0.05) is 6.07 Å². The molecule has 8 heteroatoms. The summed E-state index contributed by atoms with van der Waals surface area (Å²) in [5.41, 5.74) is 6.25. The standard InChI is InChI=1S/C12H19N5O2S/c1-9(16(2)3)8-14-20(18,19)12-11(13)15-10-6-4-5-7-17(10)12/h4-7,9,14H,8,13H2,1-3H3. The van der Waals surface area contributed by atoms with Crippen LogP contribution in [-0.4, -0.2) is 49.4 Å². The molecule has 2 rings (SSSR count). The van der Waals surface area contributed by atoms with E-state index in [1.807, 2.05) is 25.9 Å². The van der Waals surface area contributed by atoms with Crippen molar-refractivity contribution in [2.24, 2.45) is 0 Å². The van der Waals surface area contributed by atoms with Crippen LogP contribution in [0.1, 0.15) is 6.92 Å². The minimum absolute atomic E-state index is 0.00112. The largest absolute Gasteiger partial charge is 0.381 e. The molecule has 110 valence electrons. The van der Waals surface area contributed by atoms with Gasteiger partial charge in [0.1, 0.15) is 5.65 Å². The van der Waals surface area contributed by atoms with E-state index in [-0.39, 0.29) is 16.9 Å². The molecule has 0 radical (unpaired) electrons. The van der Waals surface area contributed by atoms with Gasteiger partial charge in [-0.2, -0.15) is 0 Å². The maximum atomic E-state index is 12.4. The summed E-state index contributed by atoms with van der Waals surface area (Å²) >= 11 is 0. The minimum Gasteiger partial charge on any atom is -0.381 e. The topological polar surface area (TPSA) is 92.7 Å². The third kappa shape index (κ3) is 2.77. The molecular weight excluding hydrogens is 278 g/mol. The van der Waals surface area contributed by atoms with Crippen molar-refractivity contribution < 1.29 is 8.42 Å². The highest BCUT2D eigenvalue weighted by Crippen LogP contribution is 2.19. The Bertz CT molecular complexity index is 708. The molecule has 2 aromatic heterocycles. The quantitative estimate of drug-likeness (QED) is 0.819. The van der Waals surface area contributed by atoms with Gasteiger partial charge in [-0.3, -0.25) is 4.40 Å². The normalized spacial score (nSPS) is 14.0. The fraction of sp³-hybridized carbons (Fsp3) is 0.417. The molecule has 0 bridgehead atoms. The second-order valence-electron chi connectivity index (χ2n) is 4.90. The fourth-order valence-corrected chi connectivity index (χ4v) is 3.07. The van der Waals surface area contributed by atoms with Gasteiger partial charge in [0.15, 0.2) is 10.8 Å². The Morgan fingerprint density at radius 2 is 2.15 bits per heavy atom. The van der Waals surface area contributed by atoms with Crippen LogP contribution >= 0.6 is 0 Å². The maximum absolute atomic E-state index is 12.4. The number of sulfonamides is 1. The summed E-state index contributed by atoms with van der Waals surface area (Å²) in [7, 11) is 0.0768. The highest BCUT2D eigenvalue weighted by molar-refractivity contribution is 7.89. The van der Waals surface area contributed by atoms with Crippen molar-refractivity contribution in [1.29, 1.82) is 0 Å². The van der Waals surface area contributed by atoms with E-state index in [0.717, 1.165) is 0 Å². The molecule has 2 heterocycles. The first-order chi connectivity index (χ1) is 9.33. The van der Waals surface area contributed by atoms with Crippen LogP contribution in [0.4, 0.5) is 5.82 Å². The lowest BCUT2D eigenvalue weighted by Gasteiger charge is -2.19. The molecule has 0 aromatic carbocycles. The van der Waals surface area contributed by atoms with Gasteiger partial charge in [-0.15, -0.1) is 0 Å². The molecule has 1 atom stereocenters. The van der Waals surface area contributed by atoms with E-state index in [1.165, 1.54) is 4.40 Å². The molecular formula is C12H19N5O2S. The predicted molar refractivity (Wildman–Crippen MR) is 77.9 cm³/mol. The Balaban J connectivity index is 2.35. The molecule has 0 aliphatic rings. The van der Waals surface area contributed by atoms with Crippen LogP contribution in [-0.2, 0) is 10.0 Å². The van der Waals surface area contributed by atoms with Gasteiger partial charge in [0.05, 0.1) is 0 Å². The highest BCUT2D eigenvalue weighted by atomic mass is 32.2. The summed E-state index contributed by atoms with van der Waals surface area (Å²) in [6, 6.07) is 5.29. The molecule has 0 aliphatic heterocycles. The fourth-order valence-electron chi connectivity index (χ4n) is 1.74. The number of anilines is 1. The zero-order chi connectivity index (χ0) is 14.9. The Kier molecular flexibility index (Phi) is 3.98. The molecule has 20 heavy (non-hydrogen) atoms. The van der Waals surface area contributed by atoms with Crippen LogP contribution in [0.5, 0.6) is 0 Å². The lowest BCUT2D eigenvalue weighted by Crippen LogP contribution is -2.38. The second kappa shape index (κ2) is 5.39. The van der Waals surface area contributed by atoms with E-state index in [1.54, 1.807) is 24.4 Å². The molecule has 0 saturated carbocycles. The number of nitrogen functional groups attached to an aromatic ring is 1. The van der Waals surface area contributed by atoms with E-state index >= 15 is 0 Å². The molecule has 0 fully saturated rings. The average Bonchev–Trinajstić information content (AvgIpc) is 2.72. The SMILES string of the molecule is CC(CNS(=O)(=O)c1c(N)nc2ccccn12)N(C)C. The number of nitrogens with zero attached hydrogens (tertiary/aromatic N) is 3. The summed E-state index contributed by atoms with van der Waals surface area (Å²) in [6.07, 6.45) is 1.63. The number of hydrogen-bond acceptors (Lipinski definition) is 5. The Labute approximate surface area is 118 Å². The van der Waals surface area contributed by atoms with E-state index in [4.69, 9.17) is 5.73 Å². The van der Waals surface area contributed by atoms with Gasteiger partial charge in [0.2, 0.25) is 0 Å². The first-order valence-electron chi connectivity index (χ1n) is 6.21. The smallest absolute Gasteiger partial charge is 0.260 e. The third-order valence-electron chi connectivity index (χ3n) is 3.22. The molecule has 0 spiro atoms. The van der Waals surface area contributed by atoms with Crippen LogP contribution in [0.2, 0.25) is 0 Å². The van der Waals surface area contributed by atoms with E-state index < -0.39 is 10.0 Å². The third-order valence-corrected chi connectivity index (χ3v) is 4.68. The van der Waals surface area contributed by atoms with Crippen LogP contribution in [0, 0.1) is 0 Å². The first kappa shape index (κ1) is 14.8. The molecule has 1 unspecified atom stereocenters. The number of fused-ring (bicyclic) bond motifs is 1. The number of nitrogens with two attached hydrogens (primary N) is 1. The minimum atomic E-state index is -3.70. The Morgan fingerprint density at radius 3 is 2.80 bits per heavy atom. The number of aromatic nitrogens is 2. The molecule has 3 N–H and O–H groups in total. The highest BCUT2D eigenvalue weighted by Gasteiger charge is 2.24. The molecule has 0 aliphatic carbocycles. The van der Waals surface area contributed by atoms with Gasteiger partial charge in [-0.25, -0.2) is 18.1 Å². The summed E-state index contributed by atoms with van der Waals surface area (Å²) < 4.78 is 28.8. The van der Waals surface area contributed by atoms with Crippen molar-refractivity contribution in [3.8, 4) is 0 Å². The zero-order valence-electron chi connectivity index (χ0n) is 11.7. The second-order valence-corrected chi connectivity index (χ2v) is 6.58. The number of pyridine rings is 1.